The summed E-state index contributed by atoms with van der Waals surface area (Å²) < 4.78 is 29.3. The van der Waals surface area contributed by atoms with Crippen molar-refractivity contribution in [2.75, 3.05) is 0 Å². The molecule has 0 saturated carbocycles. The predicted molar refractivity (Wildman–Crippen MR) is 104 cm³/mol. The topological polar surface area (TPSA) is 82.7 Å². The second-order valence-corrected chi connectivity index (χ2v) is 8.47. The Hall–Kier alpha value is -2.42. The van der Waals surface area contributed by atoms with E-state index < -0.39 is 10.0 Å². The van der Waals surface area contributed by atoms with Crippen molar-refractivity contribution < 1.29 is 8.42 Å². The fourth-order valence-electron chi connectivity index (χ4n) is 2.88. The van der Waals surface area contributed by atoms with Crippen molar-refractivity contribution in [3.8, 4) is 11.3 Å². The van der Waals surface area contributed by atoms with Crippen LogP contribution < -0.4 is 0 Å². The molecule has 3 heterocycles. The van der Waals surface area contributed by atoms with E-state index in [1.54, 1.807) is 54.5 Å². The van der Waals surface area contributed by atoms with Crippen LogP contribution in [0, 0.1) is 0 Å². The third kappa shape index (κ3) is 3.31. The molecule has 0 radical (unpaired) electrons. The minimum absolute atomic E-state index is 0.0869. The number of nitrogens with zero attached hydrogens (tertiary/aromatic N) is 5. The molecular weight excluding hydrogens is 409 g/mol. The highest BCUT2D eigenvalue weighted by Crippen LogP contribution is 2.33. The summed E-state index contributed by atoms with van der Waals surface area (Å²) in [6.45, 7) is 0. The Morgan fingerprint density at radius 2 is 1.85 bits per heavy atom. The normalized spacial score (nSPS) is 12.0. The van der Waals surface area contributed by atoms with Gasteiger partial charge in [0, 0.05) is 18.8 Å². The molecule has 3 aromatic heterocycles. The standard InChI is InChI=1S/C17H13Cl2N5O2S/c1-23-9-12(8-20-23)14-7-13-15(18)21-17(19)22-16(13)24(14)27(25,26)10-11-5-3-2-4-6-11/h2-9H,10H2,1H3. The molecule has 4 rings (SSSR count). The molecule has 138 valence electrons. The van der Waals surface area contributed by atoms with E-state index >= 15 is 0 Å². The molecule has 0 aliphatic heterocycles. The van der Waals surface area contributed by atoms with E-state index in [0.29, 0.717) is 22.2 Å². The maximum atomic E-state index is 13.3. The fourth-order valence-corrected chi connectivity index (χ4v) is 4.91. The summed E-state index contributed by atoms with van der Waals surface area (Å²) in [5.41, 5.74) is 1.80. The zero-order valence-corrected chi connectivity index (χ0v) is 16.4. The summed E-state index contributed by atoms with van der Waals surface area (Å²) in [6, 6.07) is 10.5. The molecule has 7 nitrogen and oxygen atoms in total. The van der Waals surface area contributed by atoms with Crippen LogP contribution in [0.2, 0.25) is 10.4 Å². The third-order valence-corrected chi connectivity index (χ3v) is 6.10. The Bertz CT molecular complexity index is 1250. The average molecular weight is 422 g/mol. The molecule has 0 aliphatic carbocycles. The van der Waals surface area contributed by atoms with Crippen LogP contribution in [0.3, 0.4) is 0 Å². The van der Waals surface area contributed by atoms with Gasteiger partial charge >= 0.3 is 0 Å². The van der Waals surface area contributed by atoms with Crippen molar-refractivity contribution in [2.45, 2.75) is 5.75 Å². The number of aromatic nitrogens is 5. The molecule has 1 aromatic carbocycles. The summed E-state index contributed by atoms with van der Waals surface area (Å²) in [7, 11) is -2.08. The van der Waals surface area contributed by atoms with Gasteiger partial charge in [0.25, 0.3) is 0 Å². The molecule has 0 aliphatic rings. The van der Waals surface area contributed by atoms with Crippen LogP contribution in [0.25, 0.3) is 22.3 Å². The average Bonchev–Trinajstić information content (AvgIpc) is 3.19. The van der Waals surface area contributed by atoms with Crippen molar-refractivity contribution >= 4 is 44.3 Å². The Balaban J connectivity index is 1.99. The molecule has 0 fully saturated rings. The van der Waals surface area contributed by atoms with Gasteiger partial charge in [0.15, 0.2) is 5.65 Å². The van der Waals surface area contributed by atoms with Crippen LogP contribution in [-0.2, 0) is 22.8 Å². The van der Waals surface area contributed by atoms with Gasteiger partial charge in [-0.1, -0.05) is 41.9 Å². The summed E-state index contributed by atoms with van der Waals surface area (Å²) in [5.74, 6) is -0.204. The van der Waals surface area contributed by atoms with Gasteiger partial charge in [-0.2, -0.15) is 10.1 Å². The highest BCUT2D eigenvalue weighted by atomic mass is 35.5. The molecule has 27 heavy (non-hydrogen) atoms. The lowest BCUT2D eigenvalue weighted by Gasteiger charge is -2.11. The van der Waals surface area contributed by atoms with Crippen molar-refractivity contribution in [2.24, 2.45) is 7.05 Å². The van der Waals surface area contributed by atoms with E-state index in [0.717, 1.165) is 3.97 Å². The number of benzene rings is 1. The highest BCUT2D eigenvalue weighted by molar-refractivity contribution is 7.89. The summed E-state index contributed by atoms with van der Waals surface area (Å²) >= 11 is 12.1. The quantitative estimate of drug-likeness (QED) is 0.371. The van der Waals surface area contributed by atoms with Crippen LogP contribution in [0.15, 0.2) is 48.8 Å². The lowest BCUT2D eigenvalue weighted by Crippen LogP contribution is -2.16. The van der Waals surface area contributed by atoms with Gasteiger partial charge in [-0.05, 0) is 23.2 Å². The van der Waals surface area contributed by atoms with E-state index in [-0.39, 0.29) is 21.8 Å². The Morgan fingerprint density at radius 1 is 1.11 bits per heavy atom. The first-order chi connectivity index (χ1) is 12.8. The second-order valence-electron chi connectivity index (χ2n) is 5.96. The van der Waals surface area contributed by atoms with E-state index in [4.69, 9.17) is 23.2 Å². The van der Waals surface area contributed by atoms with Crippen LogP contribution in [0.4, 0.5) is 0 Å². The number of halogens is 2. The summed E-state index contributed by atoms with van der Waals surface area (Å²) in [5, 5.41) is 4.48. The van der Waals surface area contributed by atoms with Crippen molar-refractivity contribution in [3.63, 3.8) is 0 Å². The molecular formula is C17H13Cl2N5O2S. The minimum atomic E-state index is -3.83. The van der Waals surface area contributed by atoms with Crippen LogP contribution in [0.5, 0.6) is 0 Å². The number of aryl methyl sites for hydroxylation is 1. The van der Waals surface area contributed by atoms with E-state index in [9.17, 15) is 8.42 Å². The van der Waals surface area contributed by atoms with Gasteiger partial charge in [0.05, 0.1) is 23.0 Å². The first-order valence-electron chi connectivity index (χ1n) is 7.86. The molecule has 0 saturated heterocycles. The lowest BCUT2D eigenvalue weighted by molar-refractivity contribution is 0.588. The van der Waals surface area contributed by atoms with E-state index in [1.165, 1.54) is 0 Å². The molecule has 4 aromatic rings. The largest absolute Gasteiger partial charge is 0.275 e. The van der Waals surface area contributed by atoms with E-state index in [1.807, 2.05) is 6.07 Å². The smallest absolute Gasteiger partial charge is 0.244 e. The van der Waals surface area contributed by atoms with Gasteiger partial charge < -0.3 is 0 Å². The maximum absolute atomic E-state index is 13.3. The zero-order valence-electron chi connectivity index (χ0n) is 14.0. The third-order valence-electron chi connectivity index (χ3n) is 4.01. The van der Waals surface area contributed by atoms with E-state index in [2.05, 4.69) is 15.1 Å². The first-order valence-corrected chi connectivity index (χ1v) is 10.2. The molecule has 0 bridgehead atoms. The monoisotopic (exact) mass is 421 g/mol. The molecule has 0 atom stereocenters. The fraction of sp³-hybridized carbons (Fsp3) is 0.118. The second kappa shape index (κ2) is 6.63. The SMILES string of the molecule is Cn1cc(-c2cc3c(Cl)nc(Cl)nc3n2S(=O)(=O)Cc2ccccc2)cn1. The Morgan fingerprint density at radius 3 is 2.52 bits per heavy atom. The molecule has 0 N–H and O–H groups in total. The molecule has 0 spiro atoms. The Labute approximate surface area is 165 Å². The van der Waals surface area contributed by atoms with Gasteiger partial charge in [-0.15, -0.1) is 0 Å². The zero-order chi connectivity index (χ0) is 19.2. The maximum Gasteiger partial charge on any atom is 0.244 e. The summed E-state index contributed by atoms with van der Waals surface area (Å²) in [4.78, 5) is 8.04. The number of hydrogen-bond donors (Lipinski definition) is 0. The minimum Gasteiger partial charge on any atom is -0.275 e. The van der Waals surface area contributed by atoms with Crippen molar-refractivity contribution in [1.82, 2.24) is 23.7 Å². The highest BCUT2D eigenvalue weighted by Gasteiger charge is 2.25. The lowest BCUT2D eigenvalue weighted by atomic mass is 10.2. The van der Waals surface area contributed by atoms with Gasteiger partial charge in [0.1, 0.15) is 5.15 Å². The number of rotatable bonds is 4. The summed E-state index contributed by atoms with van der Waals surface area (Å²) in [6.07, 6.45) is 3.29. The number of fused-ring (bicyclic) bond motifs is 1. The molecule has 0 unspecified atom stereocenters. The van der Waals surface area contributed by atoms with Gasteiger partial charge in [0.2, 0.25) is 15.3 Å². The Kier molecular flexibility index (Phi) is 4.41. The van der Waals surface area contributed by atoms with Gasteiger partial charge in [-0.25, -0.2) is 17.4 Å². The van der Waals surface area contributed by atoms with Gasteiger partial charge in [-0.3, -0.25) is 4.68 Å². The van der Waals surface area contributed by atoms with Crippen molar-refractivity contribution in [3.05, 3.63) is 64.8 Å². The van der Waals surface area contributed by atoms with Crippen LogP contribution in [0.1, 0.15) is 5.56 Å². The van der Waals surface area contributed by atoms with Crippen LogP contribution in [-0.4, -0.2) is 32.1 Å². The predicted octanol–water partition coefficient (Wildman–Crippen LogP) is 3.52. The first kappa shape index (κ1) is 18.0. The molecule has 0 amide bonds. The number of hydrogen-bond acceptors (Lipinski definition) is 5. The molecule has 10 heteroatoms. The van der Waals surface area contributed by atoms with Crippen molar-refractivity contribution in [1.29, 1.82) is 0 Å². The van der Waals surface area contributed by atoms with Crippen LogP contribution >= 0.6 is 23.2 Å².